The van der Waals surface area contributed by atoms with E-state index < -0.39 is 9.84 Å². The van der Waals surface area contributed by atoms with Crippen LogP contribution in [0.2, 0.25) is 0 Å². The first-order valence-electron chi connectivity index (χ1n) is 9.74. The normalized spacial score (nSPS) is 25.5. The average molecular weight is 390 g/mol. The van der Waals surface area contributed by atoms with Crippen molar-refractivity contribution >= 4 is 9.84 Å². The first kappa shape index (κ1) is 18.7. The van der Waals surface area contributed by atoms with Crippen LogP contribution in [0.5, 0.6) is 0 Å². The highest BCUT2D eigenvalue weighted by atomic mass is 32.2. The van der Waals surface area contributed by atoms with Crippen molar-refractivity contribution in [3.05, 3.63) is 42.3 Å². The Kier molecular flexibility index (Phi) is 5.34. The first-order valence-corrected chi connectivity index (χ1v) is 11.6. The minimum absolute atomic E-state index is 0.0532. The van der Waals surface area contributed by atoms with Crippen LogP contribution in [0.25, 0.3) is 11.5 Å². The summed E-state index contributed by atoms with van der Waals surface area (Å²) in [6.45, 7) is 5.58. The third-order valence-electron chi connectivity index (χ3n) is 5.64. The molecule has 2 saturated heterocycles. The summed E-state index contributed by atoms with van der Waals surface area (Å²) in [5.41, 5.74) is 1.81. The van der Waals surface area contributed by atoms with Crippen LogP contribution in [-0.4, -0.2) is 66.4 Å². The Morgan fingerprint density at radius 2 is 1.81 bits per heavy atom. The number of oxazole rings is 1. The van der Waals surface area contributed by atoms with Crippen LogP contribution in [-0.2, 0) is 16.4 Å². The van der Waals surface area contributed by atoms with Gasteiger partial charge in [0.05, 0.1) is 17.2 Å². The number of hydrogen-bond donors (Lipinski definition) is 0. The highest BCUT2D eigenvalue weighted by Gasteiger charge is 2.46. The van der Waals surface area contributed by atoms with E-state index in [1.54, 1.807) is 6.26 Å². The number of unbranched alkanes of at least 4 members (excludes halogenated alkanes) is 1. The van der Waals surface area contributed by atoms with Crippen LogP contribution in [0, 0.1) is 0 Å². The second-order valence-electron chi connectivity index (χ2n) is 7.58. The van der Waals surface area contributed by atoms with Gasteiger partial charge >= 0.3 is 0 Å². The molecule has 2 aliphatic heterocycles. The summed E-state index contributed by atoms with van der Waals surface area (Å²) in [4.78, 5) is 9.29. The van der Waals surface area contributed by atoms with Crippen molar-refractivity contribution in [1.29, 1.82) is 0 Å². The second-order valence-corrected chi connectivity index (χ2v) is 9.74. The molecule has 146 valence electrons. The molecule has 0 amide bonds. The van der Waals surface area contributed by atoms with E-state index in [9.17, 15) is 8.42 Å². The van der Waals surface area contributed by atoms with Gasteiger partial charge in [-0.1, -0.05) is 31.5 Å². The third-order valence-corrected chi connectivity index (χ3v) is 7.34. The van der Waals surface area contributed by atoms with Gasteiger partial charge in [-0.25, -0.2) is 13.4 Å². The van der Waals surface area contributed by atoms with E-state index in [-0.39, 0.29) is 23.6 Å². The van der Waals surface area contributed by atoms with Crippen molar-refractivity contribution in [3.8, 4) is 11.5 Å². The van der Waals surface area contributed by atoms with Gasteiger partial charge < -0.3 is 4.42 Å². The van der Waals surface area contributed by atoms with Crippen LogP contribution in [0.15, 0.2) is 41.0 Å². The van der Waals surface area contributed by atoms with E-state index in [0.717, 1.165) is 43.7 Å². The molecule has 6 nitrogen and oxygen atoms in total. The lowest BCUT2D eigenvalue weighted by Crippen LogP contribution is -2.58. The van der Waals surface area contributed by atoms with E-state index in [1.165, 1.54) is 0 Å². The van der Waals surface area contributed by atoms with Crippen LogP contribution in [0.3, 0.4) is 0 Å². The van der Waals surface area contributed by atoms with Gasteiger partial charge in [-0.15, -0.1) is 0 Å². The van der Waals surface area contributed by atoms with E-state index in [0.29, 0.717) is 12.4 Å². The highest BCUT2D eigenvalue weighted by Crippen LogP contribution is 2.29. The predicted molar refractivity (Wildman–Crippen MR) is 105 cm³/mol. The molecule has 4 rings (SSSR count). The van der Waals surface area contributed by atoms with Gasteiger partial charge in [0.25, 0.3) is 0 Å². The Hall–Kier alpha value is -1.70. The van der Waals surface area contributed by atoms with Gasteiger partial charge in [-0.2, -0.15) is 0 Å². The maximum Gasteiger partial charge on any atom is 0.226 e. The monoisotopic (exact) mass is 389 g/mol. The molecule has 0 aliphatic carbocycles. The number of rotatable bonds is 6. The molecular weight excluding hydrogens is 362 g/mol. The van der Waals surface area contributed by atoms with Crippen molar-refractivity contribution in [1.82, 2.24) is 14.8 Å². The van der Waals surface area contributed by atoms with Crippen molar-refractivity contribution in [3.63, 3.8) is 0 Å². The molecule has 0 saturated carbocycles. The molecule has 2 aliphatic rings. The quantitative estimate of drug-likeness (QED) is 0.756. The summed E-state index contributed by atoms with van der Waals surface area (Å²) in [5.74, 6) is 1.15. The van der Waals surface area contributed by atoms with E-state index in [2.05, 4.69) is 21.7 Å². The Morgan fingerprint density at radius 1 is 1.11 bits per heavy atom. The molecule has 0 radical (unpaired) electrons. The minimum atomic E-state index is -2.98. The number of benzene rings is 1. The molecule has 0 N–H and O–H groups in total. The average Bonchev–Trinajstić information content (AvgIpc) is 3.25. The Bertz CT molecular complexity index is 866. The molecule has 2 aromatic rings. The number of nitrogens with zero attached hydrogens (tertiary/aromatic N) is 3. The fourth-order valence-electron chi connectivity index (χ4n) is 4.23. The lowest BCUT2D eigenvalue weighted by Gasteiger charge is -2.43. The van der Waals surface area contributed by atoms with Gasteiger partial charge in [0.15, 0.2) is 9.84 Å². The lowest BCUT2D eigenvalue weighted by atomic mass is 10.0. The van der Waals surface area contributed by atoms with Gasteiger partial charge in [0.2, 0.25) is 5.89 Å². The van der Waals surface area contributed by atoms with E-state index in [1.807, 2.05) is 30.3 Å². The molecule has 0 bridgehead atoms. The summed E-state index contributed by atoms with van der Waals surface area (Å²) in [6.07, 6.45) is 3.95. The van der Waals surface area contributed by atoms with Gasteiger partial charge in [0.1, 0.15) is 6.26 Å². The summed E-state index contributed by atoms with van der Waals surface area (Å²) in [7, 11) is -2.98. The SMILES string of the molecule is CCCCN1CCN(Cc2coc(-c3ccccc3)n2)[C@H]2CS(=O)(=O)C[C@H]21. The molecular formula is C20H27N3O3S. The van der Waals surface area contributed by atoms with Crippen LogP contribution < -0.4 is 0 Å². The number of sulfone groups is 1. The zero-order chi connectivity index (χ0) is 18.9. The molecule has 7 heteroatoms. The van der Waals surface area contributed by atoms with Gasteiger partial charge in [0, 0.05) is 37.3 Å². The Balaban J connectivity index is 1.49. The largest absolute Gasteiger partial charge is 0.444 e. The van der Waals surface area contributed by atoms with E-state index in [4.69, 9.17) is 4.42 Å². The molecule has 2 atom stereocenters. The standard InChI is InChI=1S/C20H27N3O3S/c1-2-3-9-22-10-11-23(19-15-27(24,25)14-18(19)22)12-17-13-26-20(21-17)16-7-5-4-6-8-16/h4-8,13,18-19H,2-3,9-12,14-15H2,1H3/t18-,19+/m1/s1. The highest BCUT2D eigenvalue weighted by molar-refractivity contribution is 7.91. The lowest BCUT2D eigenvalue weighted by molar-refractivity contribution is 0.0389. The molecule has 0 spiro atoms. The zero-order valence-corrected chi connectivity index (χ0v) is 16.6. The summed E-state index contributed by atoms with van der Waals surface area (Å²) in [5, 5.41) is 0. The second kappa shape index (κ2) is 7.73. The Labute approximate surface area is 161 Å². The van der Waals surface area contributed by atoms with Crippen LogP contribution >= 0.6 is 0 Å². The molecule has 2 fully saturated rings. The number of fused-ring (bicyclic) bond motifs is 1. The van der Waals surface area contributed by atoms with Crippen molar-refractivity contribution in [2.24, 2.45) is 0 Å². The number of hydrogen-bond acceptors (Lipinski definition) is 6. The fourth-order valence-corrected chi connectivity index (χ4v) is 6.28. The van der Waals surface area contributed by atoms with Crippen molar-refractivity contribution in [2.75, 3.05) is 31.1 Å². The summed E-state index contributed by atoms with van der Waals surface area (Å²) in [6, 6.07) is 9.99. The first-order chi connectivity index (χ1) is 13.1. The van der Waals surface area contributed by atoms with Crippen LogP contribution in [0.1, 0.15) is 25.5 Å². The number of aromatic nitrogens is 1. The van der Waals surface area contributed by atoms with Gasteiger partial charge in [-0.05, 0) is 25.1 Å². The minimum Gasteiger partial charge on any atom is -0.444 e. The van der Waals surface area contributed by atoms with Crippen LogP contribution in [0.4, 0.5) is 0 Å². The molecule has 0 unspecified atom stereocenters. The predicted octanol–water partition coefficient (Wildman–Crippen LogP) is 2.42. The molecule has 3 heterocycles. The fraction of sp³-hybridized carbons (Fsp3) is 0.550. The Morgan fingerprint density at radius 3 is 2.56 bits per heavy atom. The molecule has 1 aromatic heterocycles. The third kappa shape index (κ3) is 4.10. The maximum absolute atomic E-state index is 12.3. The maximum atomic E-state index is 12.3. The van der Waals surface area contributed by atoms with Crippen molar-refractivity contribution < 1.29 is 12.8 Å². The summed E-state index contributed by atoms with van der Waals surface area (Å²) >= 11 is 0. The van der Waals surface area contributed by atoms with Gasteiger partial charge in [-0.3, -0.25) is 9.80 Å². The molecule has 27 heavy (non-hydrogen) atoms. The number of piperazine rings is 1. The summed E-state index contributed by atoms with van der Waals surface area (Å²) < 4.78 is 30.3. The van der Waals surface area contributed by atoms with Crippen molar-refractivity contribution in [2.45, 2.75) is 38.4 Å². The van der Waals surface area contributed by atoms with E-state index >= 15 is 0 Å². The molecule has 1 aromatic carbocycles. The zero-order valence-electron chi connectivity index (χ0n) is 15.8. The smallest absolute Gasteiger partial charge is 0.226 e. The topological polar surface area (TPSA) is 66.7 Å².